The number of anilines is 1. The molecule has 0 saturated carbocycles. The maximum atomic E-state index is 15.4. The number of rotatable bonds is 4. The van der Waals surface area contributed by atoms with E-state index in [0.717, 1.165) is 0 Å². The Balaban J connectivity index is 1.68. The van der Waals surface area contributed by atoms with Gasteiger partial charge in [0, 0.05) is 18.0 Å². The van der Waals surface area contributed by atoms with Crippen molar-refractivity contribution in [1.82, 2.24) is 34.5 Å². The number of nitrogens with zero attached hydrogens (tertiary/aromatic N) is 7. The Labute approximate surface area is 192 Å². The van der Waals surface area contributed by atoms with Crippen molar-refractivity contribution in [2.24, 2.45) is 0 Å². The molecule has 5 aromatic rings. The lowest BCUT2D eigenvalue weighted by atomic mass is 10.0. The van der Waals surface area contributed by atoms with Crippen LogP contribution in [0.15, 0.2) is 43.2 Å². The van der Waals surface area contributed by atoms with Gasteiger partial charge in [0.1, 0.15) is 40.3 Å². The minimum absolute atomic E-state index is 0.145. The van der Waals surface area contributed by atoms with Crippen molar-refractivity contribution in [3.8, 4) is 17.0 Å². The average molecular weight is 465 g/mol. The van der Waals surface area contributed by atoms with Gasteiger partial charge in [-0.05, 0) is 32.9 Å². The Morgan fingerprint density at radius 1 is 1.12 bits per heavy atom. The van der Waals surface area contributed by atoms with E-state index in [-0.39, 0.29) is 27.6 Å². The molecule has 0 aliphatic carbocycles. The number of ether oxygens (including phenoxy) is 1. The van der Waals surface area contributed by atoms with Crippen molar-refractivity contribution in [2.75, 3.05) is 5.73 Å². The highest BCUT2D eigenvalue weighted by Gasteiger charge is 2.28. The van der Waals surface area contributed by atoms with Gasteiger partial charge < -0.3 is 10.5 Å². The van der Waals surface area contributed by atoms with Crippen molar-refractivity contribution < 1.29 is 9.13 Å². The molecule has 11 heteroatoms. The molecule has 33 heavy (non-hydrogen) atoms. The Kier molecular flexibility index (Phi) is 4.82. The van der Waals surface area contributed by atoms with Gasteiger partial charge in [-0.1, -0.05) is 11.6 Å². The lowest BCUT2D eigenvalue weighted by Crippen LogP contribution is -2.27. The van der Waals surface area contributed by atoms with Gasteiger partial charge in [-0.2, -0.15) is 5.10 Å². The Hall–Kier alpha value is -3.92. The van der Waals surface area contributed by atoms with Crippen LogP contribution >= 0.6 is 11.6 Å². The molecule has 0 amide bonds. The zero-order valence-corrected chi connectivity index (χ0v) is 18.7. The van der Waals surface area contributed by atoms with Crippen LogP contribution in [-0.4, -0.2) is 34.5 Å². The number of pyridine rings is 2. The van der Waals surface area contributed by atoms with E-state index in [9.17, 15) is 0 Å². The molecule has 0 atom stereocenters. The molecule has 0 spiro atoms. The van der Waals surface area contributed by atoms with Gasteiger partial charge in [-0.15, -0.1) is 0 Å². The largest absolute Gasteiger partial charge is 0.479 e. The maximum absolute atomic E-state index is 15.4. The summed E-state index contributed by atoms with van der Waals surface area (Å²) in [6, 6.07) is 3.33. The standard InChI is InChI=1S/C22H18ClFN8O/c1-11-26-6-4-15(31-11)22(2,3)33-14-9-27-18(19-16(14)21(25)29-10-28-19)12-5-7-32-20(17(12)24)13(23)8-30-32/h4-10H,1-3H3,(H2,25,28,29). The van der Waals surface area contributed by atoms with Crippen molar-refractivity contribution in [1.29, 1.82) is 0 Å². The summed E-state index contributed by atoms with van der Waals surface area (Å²) >= 11 is 6.13. The van der Waals surface area contributed by atoms with E-state index in [1.165, 1.54) is 23.2 Å². The summed E-state index contributed by atoms with van der Waals surface area (Å²) in [7, 11) is 0. The number of aromatic nitrogens is 7. The maximum Gasteiger partial charge on any atom is 0.159 e. The minimum atomic E-state index is -0.846. The van der Waals surface area contributed by atoms with E-state index >= 15 is 4.39 Å². The minimum Gasteiger partial charge on any atom is -0.479 e. The second kappa shape index (κ2) is 7.59. The quantitative estimate of drug-likeness (QED) is 0.422. The van der Waals surface area contributed by atoms with Gasteiger partial charge in [0.15, 0.2) is 11.6 Å². The molecule has 0 aliphatic rings. The first-order chi connectivity index (χ1) is 15.8. The van der Waals surface area contributed by atoms with Gasteiger partial charge in [0.05, 0.1) is 28.5 Å². The summed E-state index contributed by atoms with van der Waals surface area (Å²) in [4.78, 5) is 21.5. The number of fused-ring (bicyclic) bond motifs is 2. The normalized spacial score (nSPS) is 11.9. The third-order valence-electron chi connectivity index (χ3n) is 5.25. The lowest BCUT2D eigenvalue weighted by molar-refractivity contribution is 0.105. The van der Waals surface area contributed by atoms with Gasteiger partial charge in [0.25, 0.3) is 0 Å². The second-order valence-electron chi connectivity index (χ2n) is 7.88. The highest BCUT2D eigenvalue weighted by Crippen LogP contribution is 2.38. The fraction of sp³-hybridized carbons (Fsp3) is 0.182. The lowest BCUT2D eigenvalue weighted by Gasteiger charge is -2.27. The summed E-state index contributed by atoms with van der Waals surface area (Å²) < 4.78 is 23.1. The van der Waals surface area contributed by atoms with Crippen molar-refractivity contribution in [3.05, 3.63) is 65.6 Å². The van der Waals surface area contributed by atoms with E-state index in [1.54, 1.807) is 31.5 Å². The van der Waals surface area contributed by atoms with E-state index < -0.39 is 11.4 Å². The third-order valence-corrected chi connectivity index (χ3v) is 5.53. The Morgan fingerprint density at radius 2 is 1.94 bits per heavy atom. The van der Waals surface area contributed by atoms with Gasteiger partial charge in [0.2, 0.25) is 0 Å². The summed E-state index contributed by atoms with van der Waals surface area (Å²) in [5.74, 6) is 0.570. The van der Waals surface area contributed by atoms with Gasteiger partial charge >= 0.3 is 0 Å². The molecule has 5 aromatic heterocycles. The number of nitrogens with two attached hydrogens (primary N) is 1. The monoisotopic (exact) mass is 464 g/mol. The smallest absolute Gasteiger partial charge is 0.159 e. The molecule has 5 heterocycles. The third kappa shape index (κ3) is 3.48. The molecule has 0 saturated heterocycles. The first kappa shape index (κ1) is 21.0. The topological polar surface area (TPSA) is 117 Å². The molecular weight excluding hydrogens is 447 g/mol. The first-order valence-corrected chi connectivity index (χ1v) is 10.3. The van der Waals surface area contributed by atoms with Crippen LogP contribution in [0, 0.1) is 12.7 Å². The van der Waals surface area contributed by atoms with Gasteiger partial charge in [-0.25, -0.2) is 33.8 Å². The molecule has 9 nitrogen and oxygen atoms in total. The molecule has 0 aromatic carbocycles. The molecule has 0 fully saturated rings. The van der Waals surface area contributed by atoms with Crippen molar-refractivity contribution in [3.63, 3.8) is 0 Å². The van der Waals surface area contributed by atoms with E-state index in [4.69, 9.17) is 22.1 Å². The molecule has 0 bridgehead atoms. The van der Waals surface area contributed by atoms with Crippen LogP contribution in [0.1, 0.15) is 25.4 Å². The summed E-state index contributed by atoms with van der Waals surface area (Å²) in [6.07, 6.45) is 7.43. The van der Waals surface area contributed by atoms with Crippen LogP contribution in [0.4, 0.5) is 10.2 Å². The SMILES string of the molecule is Cc1nccc(C(C)(C)Oc2cnc(-c3ccn4ncc(Cl)c4c3F)c3ncnc(N)c23)n1. The highest BCUT2D eigenvalue weighted by atomic mass is 35.5. The number of hydrogen-bond acceptors (Lipinski definition) is 8. The van der Waals surface area contributed by atoms with Crippen LogP contribution in [0.25, 0.3) is 27.7 Å². The zero-order valence-electron chi connectivity index (χ0n) is 17.9. The predicted octanol–water partition coefficient (Wildman–Crippen LogP) is 4.13. The average Bonchev–Trinajstić information content (AvgIpc) is 3.16. The summed E-state index contributed by atoms with van der Waals surface area (Å²) in [5, 5.41) is 4.63. The van der Waals surface area contributed by atoms with E-state index in [2.05, 4.69) is 30.0 Å². The molecule has 166 valence electrons. The van der Waals surface area contributed by atoms with Crippen molar-refractivity contribution >= 4 is 33.8 Å². The van der Waals surface area contributed by atoms with Crippen molar-refractivity contribution in [2.45, 2.75) is 26.4 Å². The van der Waals surface area contributed by atoms with Crippen LogP contribution in [0.5, 0.6) is 5.75 Å². The fourth-order valence-electron chi connectivity index (χ4n) is 3.65. The molecule has 0 unspecified atom stereocenters. The molecule has 0 radical (unpaired) electrons. The van der Waals surface area contributed by atoms with Crippen LogP contribution in [0.3, 0.4) is 0 Å². The number of aryl methyl sites for hydroxylation is 1. The molecule has 5 rings (SSSR count). The van der Waals surface area contributed by atoms with E-state index in [0.29, 0.717) is 28.2 Å². The summed E-state index contributed by atoms with van der Waals surface area (Å²) in [6.45, 7) is 5.53. The molecule has 0 aliphatic heterocycles. The number of hydrogen-bond donors (Lipinski definition) is 1. The molecular formula is C22H18ClFN8O. The molecule has 2 N–H and O–H groups in total. The Morgan fingerprint density at radius 3 is 2.73 bits per heavy atom. The number of halogens is 2. The van der Waals surface area contributed by atoms with Crippen LogP contribution in [0.2, 0.25) is 5.02 Å². The Bertz CT molecular complexity index is 1530. The predicted molar refractivity (Wildman–Crippen MR) is 121 cm³/mol. The first-order valence-electron chi connectivity index (χ1n) is 9.96. The van der Waals surface area contributed by atoms with Gasteiger partial charge in [-0.3, -0.25) is 0 Å². The highest BCUT2D eigenvalue weighted by molar-refractivity contribution is 6.33. The fourth-order valence-corrected chi connectivity index (χ4v) is 3.87. The van der Waals surface area contributed by atoms with Crippen LogP contribution < -0.4 is 10.5 Å². The second-order valence-corrected chi connectivity index (χ2v) is 8.29. The summed E-state index contributed by atoms with van der Waals surface area (Å²) in [5.41, 5.74) is 7.00. The van der Waals surface area contributed by atoms with Crippen LogP contribution in [-0.2, 0) is 5.60 Å². The zero-order chi connectivity index (χ0) is 23.3. The number of nitrogen functional groups attached to an aromatic ring is 1. The van der Waals surface area contributed by atoms with E-state index in [1.807, 2.05) is 13.8 Å².